The lowest BCUT2D eigenvalue weighted by Crippen LogP contribution is -2.43. The van der Waals surface area contributed by atoms with Gasteiger partial charge in [0.25, 0.3) is 0 Å². The van der Waals surface area contributed by atoms with Gasteiger partial charge < -0.3 is 25.2 Å². The van der Waals surface area contributed by atoms with Gasteiger partial charge in [-0.1, -0.05) is 25.8 Å². The van der Waals surface area contributed by atoms with E-state index in [0.29, 0.717) is 18.9 Å². The molecule has 3 aliphatic heterocycles. The van der Waals surface area contributed by atoms with Crippen molar-refractivity contribution in [3.05, 3.63) is 12.7 Å². The number of carboxylic acid groups (broad SMARTS) is 1. The molecular formula is C19H28N2O6. The van der Waals surface area contributed by atoms with Gasteiger partial charge in [-0.25, -0.2) is 0 Å². The molecule has 2 amide bonds. The van der Waals surface area contributed by atoms with E-state index in [9.17, 15) is 14.4 Å². The van der Waals surface area contributed by atoms with E-state index in [4.69, 9.17) is 14.6 Å². The Bertz CT molecular complexity index is 595. The summed E-state index contributed by atoms with van der Waals surface area (Å²) in [6.07, 6.45) is 6.55. The minimum Gasteiger partial charge on any atom is -0.481 e. The third-order valence-electron chi connectivity index (χ3n) is 5.74. The molecule has 0 aromatic carbocycles. The topological polar surface area (TPSA) is 117 Å². The normalized spacial score (nSPS) is 32.6. The summed E-state index contributed by atoms with van der Waals surface area (Å²) in [6, 6.07) is 0. The molecular weight excluding hydrogens is 352 g/mol. The average molecular weight is 380 g/mol. The van der Waals surface area contributed by atoms with E-state index < -0.39 is 5.97 Å². The van der Waals surface area contributed by atoms with Crippen LogP contribution in [0, 0.1) is 11.8 Å². The molecule has 2 bridgehead atoms. The molecule has 3 saturated heterocycles. The van der Waals surface area contributed by atoms with Gasteiger partial charge in [-0.05, 0) is 24.8 Å². The molecule has 8 heteroatoms. The van der Waals surface area contributed by atoms with Crippen molar-refractivity contribution in [3.63, 3.8) is 0 Å². The number of carbonyl (C=O) groups is 3. The van der Waals surface area contributed by atoms with Gasteiger partial charge in [0, 0.05) is 18.9 Å². The summed E-state index contributed by atoms with van der Waals surface area (Å²) in [7, 11) is 0. The zero-order valence-corrected chi connectivity index (χ0v) is 15.4. The Labute approximate surface area is 158 Å². The minimum atomic E-state index is -0.742. The van der Waals surface area contributed by atoms with Gasteiger partial charge in [0.15, 0.2) is 0 Å². The quantitative estimate of drug-likeness (QED) is 0.259. The first-order chi connectivity index (χ1) is 13.0. The predicted molar refractivity (Wildman–Crippen MR) is 95.9 cm³/mol. The third kappa shape index (κ3) is 4.87. The predicted octanol–water partition coefficient (Wildman–Crippen LogP) is 0.611. The first-order valence-electron chi connectivity index (χ1n) is 9.71. The maximum Gasteiger partial charge on any atom is 0.303 e. The van der Waals surface area contributed by atoms with E-state index in [-0.39, 0.29) is 55.1 Å². The largest absolute Gasteiger partial charge is 0.481 e. The van der Waals surface area contributed by atoms with Crippen LogP contribution < -0.4 is 10.6 Å². The molecule has 6 unspecified atom stereocenters. The summed E-state index contributed by atoms with van der Waals surface area (Å²) < 4.78 is 11.8. The number of hydrogen-bond acceptors (Lipinski definition) is 5. The fourth-order valence-electron chi connectivity index (χ4n) is 4.37. The standard InChI is InChI=1S/C19H28N2O6/c1-2-13(22)21-10-14(23)20-9-12-11(7-5-3-4-6-8-15(24)25)16-18-19(27-18)17(12)26-16/h2,11-12,16-19H,1,3-10H2,(H,20,23)(H,21,22)(H,24,25). The molecule has 8 nitrogen and oxygen atoms in total. The van der Waals surface area contributed by atoms with Crippen LogP contribution in [0.2, 0.25) is 0 Å². The number of hydrogen-bond donors (Lipinski definition) is 3. The van der Waals surface area contributed by atoms with Gasteiger partial charge in [0.1, 0.15) is 12.2 Å². The van der Waals surface area contributed by atoms with Crippen molar-refractivity contribution >= 4 is 17.8 Å². The number of rotatable bonds is 12. The lowest BCUT2D eigenvalue weighted by molar-refractivity contribution is -0.137. The van der Waals surface area contributed by atoms with Crippen LogP contribution in [0.4, 0.5) is 0 Å². The van der Waals surface area contributed by atoms with E-state index >= 15 is 0 Å². The third-order valence-corrected chi connectivity index (χ3v) is 5.74. The maximum absolute atomic E-state index is 11.9. The summed E-state index contributed by atoms with van der Waals surface area (Å²) in [5.41, 5.74) is 0. The number of fused-ring (bicyclic) bond motifs is 5. The van der Waals surface area contributed by atoms with Gasteiger partial charge in [-0.2, -0.15) is 0 Å². The second-order valence-corrected chi connectivity index (χ2v) is 7.53. The molecule has 6 atom stereocenters. The van der Waals surface area contributed by atoms with Crippen LogP contribution in [0.1, 0.15) is 38.5 Å². The van der Waals surface area contributed by atoms with Crippen LogP contribution in [0.5, 0.6) is 0 Å². The SMILES string of the molecule is C=CC(=O)NCC(=O)NCC1C(CCCCCCC(=O)O)C2OC1C1OC21. The van der Waals surface area contributed by atoms with Gasteiger partial charge in [0.2, 0.25) is 11.8 Å². The number of ether oxygens (including phenoxy) is 2. The molecule has 0 aliphatic carbocycles. The van der Waals surface area contributed by atoms with Crippen LogP contribution >= 0.6 is 0 Å². The van der Waals surface area contributed by atoms with Gasteiger partial charge in [0.05, 0.1) is 18.8 Å². The number of carboxylic acids is 1. The van der Waals surface area contributed by atoms with Crippen LogP contribution in [-0.2, 0) is 23.9 Å². The van der Waals surface area contributed by atoms with Crippen LogP contribution in [-0.4, -0.2) is 60.4 Å². The summed E-state index contributed by atoms with van der Waals surface area (Å²) in [5.74, 6) is -0.774. The molecule has 0 aromatic rings. The van der Waals surface area contributed by atoms with Crippen LogP contribution in [0.3, 0.4) is 0 Å². The van der Waals surface area contributed by atoms with Crippen LogP contribution in [0.15, 0.2) is 12.7 Å². The van der Waals surface area contributed by atoms with Gasteiger partial charge in [-0.15, -0.1) is 0 Å². The fraction of sp³-hybridized carbons (Fsp3) is 0.737. The van der Waals surface area contributed by atoms with Crippen molar-refractivity contribution in [2.24, 2.45) is 11.8 Å². The molecule has 3 N–H and O–H groups in total. The summed E-state index contributed by atoms with van der Waals surface area (Å²) in [6.45, 7) is 3.80. The molecule has 0 spiro atoms. The molecule has 3 rings (SSSR count). The number of nitrogens with one attached hydrogen (secondary N) is 2. The molecule has 0 radical (unpaired) electrons. The number of unbranched alkanes of at least 4 members (excludes halogenated alkanes) is 3. The molecule has 3 heterocycles. The lowest BCUT2D eigenvalue weighted by Gasteiger charge is -2.26. The molecule has 0 aromatic heterocycles. The zero-order chi connectivity index (χ0) is 19.4. The number of carbonyl (C=O) groups excluding carboxylic acids is 2. The Hall–Kier alpha value is -1.93. The van der Waals surface area contributed by atoms with Crippen molar-refractivity contribution in [3.8, 4) is 0 Å². The zero-order valence-electron chi connectivity index (χ0n) is 15.4. The summed E-state index contributed by atoms with van der Waals surface area (Å²) >= 11 is 0. The van der Waals surface area contributed by atoms with E-state index in [0.717, 1.165) is 31.8 Å². The van der Waals surface area contributed by atoms with Crippen molar-refractivity contribution in [2.75, 3.05) is 13.1 Å². The molecule has 3 aliphatic rings. The Kier molecular flexibility index (Phi) is 6.49. The minimum absolute atomic E-state index is 0.0417. The summed E-state index contributed by atoms with van der Waals surface area (Å²) in [5, 5.41) is 14.0. The van der Waals surface area contributed by atoms with Crippen LogP contribution in [0.25, 0.3) is 0 Å². The Morgan fingerprint density at radius 3 is 2.30 bits per heavy atom. The van der Waals surface area contributed by atoms with E-state index in [1.807, 2.05) is 0 Å². The van der Waals surface area contributed by atoms with Crippen molar-refractivity contribution in [2.45, 2.75) is 62.9 Å². The lowest BCUT2D eigenvalue weighted by atomic mass is 9.76. The average Bonchev–Trinajstić information content (AvgIpc) is 3.27. The highest BCUT2D eigenvalue weighted by atomic mass is 16.7. The maximum atomic E-state index is 11.9. The first-order valence-corrected chi connectivity index (χ1v) is 9.71. The second-order valence-electron chi connectivity index (χ2n) is 7.53. The molecule has 3 fully saturated rings. The van der Waals surface area contributed by atoms with Crippen molar-refractivity contribution in [1.82, 2.24) is 10.6 Å². The highest BCUT2D eigenvalue weighted by Crippen LogP contribution is 2.54. The molecule has 27 heavy (non-hydrogen) atoms. The fourth-order valence-corrected chi connectivity index (χ4v) is 4.37. The summed E-state index contributed by atoms with van der Waals surface area (Å²) in [4.78, 5) is 33.6. The van der Waals surface area contributed by atoms with E-state index in [1.165, 1.54) is 0 Å². The van der Waals surface area contributed by atoms with Gasteiger partial charge in [-0.3, -0.25) is 14.4 Å². The number of aliphatic carboxylic acids is 1. The number of amides is 2. The Balaban J connectivity index is 1.41. The molecule has 0 saturated carbocycles. The highest BCUT2D eigenvalue weighted by molar-refractivity contribution is 5.90. The smallest absolute Gasteiger partial charge is 0.303 e. The highest BCUT2D eigenvalue weighted by Gasteiger charge is 2.68. The Morgan fingerprint density at radius 1 is 0.926 bits per heavy atom. The van der Waals surface area contributed by atoms with Crippen molar-refractivity contribution < 1.29 is 29.0 Å². The van der Waals surface area contributed by atoms with E-state index in [2.05, 4.69) is 17.2 Å². The number of epoxide rings is 1. The monoisotopic (exact) mass is 380 g/mol. The van der Waals surface area contributed by atoms with E-state index in [1.54, 1.807) is 0 Å². The second kappa shape index (κ2) is 8.84. The Morgan fingerprint density at radius 2 is 1.59 bits per heavy atom. The van der Waals surface area contributed by atoms with Crippen molar-refractivity contribution in [1.29, 1.82) is 0 Å². The van der Waals surface area contributed by atoms with Gasteiger partial charge >= 0.3 is 5.97 Å². The molecule has 150 valence electrons. The first kappa shape index (κ1) is 19.8.